The zero-order chi connectivity index (χ0) is 10.8. The Hall–Kier alpha value is -1.55. The van der Waals surface area contributed by atoms with Crippen LogP contribution in [0.25, 0.3) is 10.9 Å². The second-order valence-electron chi connectivity index (χ2n) is 3.29. The third-order valence-electron chi connectivity index (χ3n) is 2.43. The van der Waals surface area contributed by atoms with E-state index in [1.165, 1.54) is 6.07 Å². The van der Waals surface area contributed by atoms with Gasteiger partial charge in [0.25, 0.3) is 0 Å². The quantitative estimate of drug-likeness (QED) is 0.810. The first-order chi connectivity index (χ1) is 7.27. The van der Waals surface area contributed by atoms with Gasteiger partial charge in [0.15, 0.2) is 0 Å². The lowest BCUT2D eigenvalue weighted by Crippen LogP contribution is -1.91. The molecule has 0 aliphatic heterocycles. The van der Waals surface area contributed by atoms with Crippen LogP contribution in [-0.2, 0) is 6.42 Å². The minimum absolute atomic E-state index is 0.0343. The first-order valence-corrected chi connectivity index (χ1v) is 4.71. The largest absolute Gasteiger partial charge is 0.496 e. The van der Waals surface area contributed by atoms with Crippen molar-refractivity contribution in [1.29, 1.82) is 0 Å². The van der Waals surface area contributed by atoms with E-state index in [-0.39, 0.29) is 12.4 Å². The summed E-state index contributed by atoms with van der Waals surface area (Å²) in [7, 11) is 1.54. The molecular formula is C11H12FNO2. The number of nitrogens with one attached hydrogen (secondary N) is 1. The molecule has 2 aromatic rings. The topological polar surface area (TPSA) is 45.2 Å². The fraction of sp³-hybridized carbons (Fsp3) is 0.273. The Kier molecular flexibility index (Phi) is 2.60. The summed E-state index contributed by atoms with van der Waals surface area (Å²) in [6.45, 7) is 0.0343. The zero-order valence-corrected chi connectivity index (χ0v) is 8.38. The zero-order valence-electron chi connectivity index (χ0n) is 8.38. The molecule has 3 nitrogen and oxygen atoms in total. The maximum atomic E-state index is 13.4. The average Bonchev–Trinajstić information content (AvgIpc) is 2.65. The van der Waals surface area contributed by atoms with Crippen molar-refractivity contribution in [3.05, 3.63) is 29.7 Å². The Bertz CT molecular complexity index is 479. The highest BCUT2D eigenvalue weighted by Gasteiger charge is 2.12. The Morgan fingerprint density at radius 2 is 2.27 bits per heavy atom. The van der Waals surface area contributed by atoms with Gasteiger partial charge in [0, 0.05) is 18.2 Å². The second-order valence-corrected chi connectivity index (χ2v) is 3.29. The predicted molar refractivity (Wildman–Crippen MR) is 55.6 cm³/mol. The molecule has 0 fully saturated rings. The molecule has 0 radical (unpaired) electrons. The molecule has 1 heterocycles. The summed E-state index contributed by atoms with van der Waals surface area (Å²) in [4.78, 5) is 2.85. The van der Waals surface area contributed by atoms with E-state index in [1.807, 2.05) is 0 Å². The number of aromatic amines is 1. The number of rotatable bonds is 3. The molecule has 0 amide bonds. The Morgan fingerprint density at radius 1 is 1.47 bits per heavy atom. The second kappa shape index (κ2) is 3.90. The first-order valence-electron chi connectivity index (χ1n) is 4.71. The normalized spacial score (nSPS) is 10.9. The maximum Gasteiger partial charge on any atom is 0.147 e. The third-order valence-corrected chi connectivity index (χ3v) is 2.43. The number of aliphatic hydroxyl groups excluding tert-OH is 1. The molecule has 0 spiro atoms. The third kappa shape index (κ3) is 1.57. The molecule has 2 rings (SSSR count). The number of methoxy groups -OCH3 is 1. The van der Waals surface area contributed by atoms with Crippen molar-refractivity contribution >= 4 is 10.9 Å². The van der Waals surface area contributed by atoms with E-state index in [4.69, 9.17) is 9.84 Å². The number of H-pyrrole nitrogens is 1. The summed E-state index contributed by atoms with van der Waals surface area (Å²) in [6, 6.07) is 2.95. The van der Waals surface area contributed by atoms with Gasteiger partial charge in [-0.05, 0) is 24.1 Å². The van der Waals surface area contributed by atoms with Crippen LogP contribution in [0.3, 0.4) is 0 Å². The number of hydrogen-bond donors (Lipinski definition) is 2. The number of halogens is 1. The van der Waals surface area contributed by atoms with Gasteiger partial charge in [0.05, 0.1) is 12.6 Å². The van der Waals surface area contributed by atoms with Crippen molar-refractivity contribution in [1.82, 2.24) is 4.98 Å². The lowest BCUT2D eigenvalue weighted by Gasteiger charge is -2.04. The molecule has 0 aliphatic carbocycles. The molecule has 1 aromatic heterocycles. The van der Waals surface area contributed by atoms with Crippen molar-refractivity contribution in [2.45, 2.75) is 6.42 Å². The fourth-order valence-corrected chi connectivity index (χ4v) is 1.74. The van der Waals surface area contributed by atoms with Gasteiger partial charge >= 0.3 is 0 Å². The summed E-state index contributed by atoms with van der Waals surface area (Å²) in [5, 5.41) is 9.60. The molecule has 0 saturated heterocycles. The Balaban J connectivity index is 2.69. The van der Waals surface area contributed by atoms with E-state index in [2.05, 4.69) is 4.98 Å². The highest BCUT2D eigenvalue weighted by molar-refractivity contribution is 5.89. The van der Waals surface area contributed by atoms with Gasteiger partial charge in [-0.15, -0.1) is 0 Å². The van der Waals surface area contributed by atoms with E-state index >= 15 is 0 Å². The van der Waals surface area contributed by atoms with Gasteiger partial charge in [-0.1, -0.05) is 0 Å². The lowest BCUT2D eigenvalue weighted by molar-refractivity contribution is 0.300. The van der Waals surface area contributed by atoms with Crippen molar-refractivity contribution < 1.29 is 14.2 Å². The summed E-state index contributed by atoms with van der Waals surface area (Å²) < 4.78 is 18.6. The maximum absolute atomic E-state index is 13.4. The first kappa shape index (κ1) is 9.98. The molecule has 0 aliphatic rings. The van der Waals surface area contributed by atoms with Crippen LogP contribution in [0, 0.1) is 5.82 Å². The van der Waals surface area contributed by atoms with Crippen LogP contribution < -0.4 is 4.74 Å². The van der Waals surface area contributed by atoms with E-state index in [1.54, 1.807) is 19.4 Å². The minimum atomic E-state index is -0.310. The Labute approximate surface area is 86.5 Å². The number of benzene rings is 1. The highest BCUT2D eigenvalue weighted by Crippen LogP contribution is 2.30. The highest BCUT2D eigenvalue weighted by atomic mass is 19.1. The van der Waals surface area contributed by atoms with Crippen LogP contribution in [0.1, 0.15) is 5.56 Å². The smallest absolute Gasteiger partial charge is 0.147 e. The van der Waals surface area contributed by atoms with Gasteiger partial charge in [0.1, 0.15) is 11.6 Å². The summed E-state index contributed by atoms with van der Waals surface area (Å²) in [6.07, 6.45) is 2.19. The summed E-state index contributed by atoms with van der Waals surface area (Å²) in [5.41, 5.74) is 1.29. The van der Waals surface area contributed by atoms with Crippen molar-refractivity contribution in [2.75, 3.05) is 13.7 Å². The van der Waals surface area contributed by atoms with Gasteiger partial charge < -0.3 is 14.8 Å². The van der Waals surface area contributed by atoms with Gasteiger partial charge in [-0.2, -0.15) is 0 Å². The van der Waals surface area contributed by atoms with Crippen LogP contribution in [0.15, 0.2) is 18.3 Å². The van der Waals surface area contributed by atoms with Crippen molar-refractivity contribution in [3.63, 3.8) is 0 Å². The van der Waals surface area contributed by atoms with Crippen molar-refractivity contribution in [3.8, 4) is 5.75 Å². The molecule has 4 heteroatoms. The molecule has 80 valence electrons. The molecule has 0 bridgehead atoms. The Morgan fingerprint density at radius 3 is 2.93 bits per heavy atom. The van der Waals surface area contributed by atoms with Crippen LogP contribution >= 0.6 is 0 Å². The molecule has 0 saturated carbocycles. The molecule has 1 aromatic carbocycles. The van der Waals surface area contributed by atoms with Crippen molar-refractivity contribution in [2.24, 2.45) is 0 Å². The molecule has 2 N–H and O–H groups in total. The van der Waals surface area contributed by atoms with Crippen LogP contribution in [0.2, 0.25) is 0 Å². The number of aromatic nitrogens is 1. The van der Waals surface area contributed by atoms with E-state index < -0.39 is 0 Å². The summed E-state index contributed by atoms with van der Waals surface area (Å²) in [5.74, 6) is 0.311. The molecule has 0 atom stereocenters. The number of aliphatic hydroxyl groups is 1. The van der Waals surface area contributed by atoms with Crippen LogP contribution in [0.5, 0.6) is 5.75 Å². The van der Waals surface area contributed by atoms with Gasteiger partial charge in [0.2, 0.25) is 0 Å². The fourth-order valence-electron chi connectivity index (χ4n) is 1.74. The molecule has 15 heavy (non-hydrogen) atoms. The molecule has 0 unspecified atom stereocenters. The standard InChI is InChI=1S/C11H12FNO2/c1-15-9-3-2-8(12)11-10(9)7(4-5-14)6-13-11/h2-3,6,13-14H,4-5H2,1H3. The minimum Gasteiger partial charge on any atom is -0.496 e. The number of fused-ring (bicyclic) bond motifs is 1. The predicted octanol–water partition coefficient (Wildman–Crippen LogP) is 1.85. The van der Waals surface area contributed by atoms with Crippen LogP contribution in [0.4, 0.5) is 4.39 Å². The number of ether oxygens (including phenoxy) is 1. The summed E-state index contributed by atoms with van der Waals surface area (Å²) >= 11 is 0. The molecular weight excluding hydrogens is 197 g/mol. The average molecular weight is 209 g/mol. The SMILES string of the molecule is COc1ccc(F)c2[nH]cc(CCO)c12. The lowest BCUT2D eigenvalue weighted by atomic mass is 10.1. The van der Waals surface area contributed by atoms with Gasteiger partial charge in [-0.3, -0.25) is 0 Å². The van der Waals surface area contributed by atoms with Crippen LogP contribution in [-0.4, -0.2) is 23.8 Å². The van der Waals surface area contributed by atoms with E-state index in [9.17, 15) is 4.39 Å². The number of hydrogen-bond acceptors (Lipinski definition) is 2. The van der Waals surface area contributed by atoms with E-state index in [0.717, 1.165) is 5.56 Å². The van der Waals surface area contributed by atoms with Gasteiger partial charge in [-0.25, -0.2) is 4.39 Å². The van der Waals surface area contributed by atoms with E-state index in [0.29, 0.717) is 23.1 Å². The monoisotopic (exact) mass is 209 g/mol.